The number of anilines is 1. The van der Waals surface area contributed by atoms with E-state index in [1.807, 2.05) is 12.1 Å². The van der Waals surface area contributed by atoms with E-state index in [-0.39, 0.29) is 21.5 Å². The van der Waals surface area contributed by atoms with Crippen molar-refractivity contribution in [3.05, 3.63) is 91.8 Å². The van der Waals surface area contributed by atoms with Crippen LogP contribution in [0, 0.1) is 0 Å². The van der Waals surface area contributed by atoms with Crippen LogP contribution in [0.3, 0.4) is 0 Å². The first-order valence-electron chi connectivity index (χ1n) is 10.3. The van der Waals surface area contributed by atoms with Crippen LogP contribution in [0.4, 0.5) is 18.9 Å². The molecule has 1 fully saturated rings. The fourth-order valence-electron chi connectivity index (χ4n) is 3.36. The first kappa shape index (κ1) is 26.5. The van der Waals surface area contributed by atoms with Crippen LogP contribution in [-0.4, -0.2) is 17.3 Å². The number of alkyl halides is 3. The van der Waals surface area contributed by atoms with Crippen molar-refractivity contribution >= 4 is 73.5 Å². The first-order chi connectivity index (χ1) is 17.1. The maximum absolute atomic E-state index is 13.1. The molecule has 0 atom stereocenters. The van der Waals surface area contributed by atoms with E-state index in [2.05, 4.69) is 15.9 Å². The van der Waals surface area contributed by atoms with Crippen molar-refractivity contribution < 1.29 is 27.4 Å². The number of benzene rings is 3. The lowest BCUT2D eigenvalue weighted by Crippen LogP contribution is -2.27. The first-order valence-corrected chi connectivity index (χ1v) is 12.7. The van der Waals surface area contributed by atoms with Crippen molar-refractivity contribution in [1.82, 2.24) is 0 Å². The molecule has 0 N–H and O–H groups in total. The van der Waals surface area contributed by atoms with Gasteiger partial charge in [0, 0.05) is 5.02 Å². The molecule has 3 aromatic carbocycles. The van der Waals surface area contributed by atoms with Gasteiger partial charge in [-0.1, -0.05) is 53.8 Å². The Labute approximate surface area is 228 Å². The van der Waals surface area contributed by atoms with Gasteiger partial charge in [0.25, 0.3) is 5.91 Å². The molecule has 4 rings (SSSR count). The summed E-state index contributed by atoms with van der Waals surface area (Å²) in [5.41, 5.74) is 0.721. The molecule has 3 aromatic rings. The number of hydrogen-bond donors (Lipinski definition) is 0. The molecule has 11 heteroatoms. The number of carbonyl (C=O) groups is 1. The summed E-state index contributed by atoms with van der Waals surface area (Å²) in [6.45, 7) is 0.279. The average molecular weight is 615 g/mol. The number of ether oxygens (including phenoxy) is 2. The van der Waals surface area contributed by atoms with Crippen molar-refractivity contribution in [3.63, 3.8) is 0 Å². The highest BCUT2D eigenvalue weighted by molar-refractivity contribution is 9.10. The molecule has 0 saturated carbocycles. The maximum Gasteiger partial charge on any atom is 0.416 e. The molecule has 1 amide bonds. The van der Waals surface area contributed by atoms with Gasteiger partial charge in [-0.25, -0.2) is 0 Å². The largest absolute Gasteiger partial charge is 0.493 e. The third kappa shape index (κ3) is 5.88. The van der Waals surface area contributed by atoms with Gasteiger partial charge in [0.2, 0.25) is 0 Å². The Morgan fingerprint density at radius 3 is 2.53 bits per heavy atom. The number of carbonyl (C=O) groups excluding carboxylic acids is 1. The van der Waals surface area contributed by atoms with Gasteiger partial charge in [0.15, 0.2) is 15.8 Å². The zero-order valence-corrected chi connectivity index (χ0v) is 22.4. The van der Waals surface area contributed by atoms with Gasteiger partial charge in [-0.2, -0.15) is 13.2 Å². The topological polar surface area (TPSA) is 38.8 Å². The number of rotatable bonds is 6. The molecule has 36 heavy (non-hydrogen) atoms. The quantitative estimate of drug-likeness (QED) is 0.207. The number of hydrogen-bond acceptors (Lipinski definition) is 5. The molecule has 0 aliphatic carbocycles. The van der Waals surface area contributed by atoms with Gasteiger partial charge < -0.3 is 9.47 Å². The smallest absolute Gasteiger partial charge is 0.416 e. The van der Waals surface area contributed by atoms with Crippen molar-refractivity contribution in [2.45, 2.75) is 12.8 Å². The molecule has 186 valence electrons. The van der Waals surface area contributed by atoms with Gasteiger partial charge in [-0.3, -0.25) is 9.69 Å². The van der Waals surface area contributed by atoms with Crippen LogP contribution in [0.5, 0.6) is 11.5 Å². The number of thioether (sulfide) groups is 1. The highest BCUT2D eigenvalue weighted by atomic mass is 79.9. The van der Waals surface area contributed by atoms with Crippen molar-refractivity contribution in [2.24, 2.45) is 0 Å². The predicted molar refractivity (Wildman–Crippen MR) is 144 cm³/mol. The molecule has 0 spiro atoms. The van der Waals surface area contributed by atoms with Crippen LogP contribution >= 0.6 is 51.5 Å². The number of methoxy groups -OCH3 is 1. The molecule has 0 unspecified atom stereocenters. The van der Waals surface area contributed by atoms with Gasteiger partial charge >= 0.3 is 6.18 Å². The van der Waals surface area contributed by atoms with Crippen LogP contribution < -0.4 is 14.4 Å². The fraction of sp³-hybridized carbons (Fsp3) is 0.120. The minimum atomic E-state index is -4.54. The summed E-state index contributed by atoms with van der Waals surface area (Å²) in [5, 5.41) is 0.625. The molecule has 1 aliphatic heterocycles. The van der Waals surface area contributed by atoms with Crippen molar-refractivity contribution in [3.8, 4) is 11.5 Å². The third-order valence-corrected chi connectivity index (χ3v) is 7.21. The number of nitrogens with zero attached hydrogens (tertiary/aromatic N) is 1. The van der Waals surface area contributed by atoms with E-state index >= 15 is 0 Å². The number of amides is 1. The minimum absolute atomic E-state index is 0.0560. The lowest BCUT2D eigenvalue weighted by molar-refractivity contribution is -0.137. The second-order valence-electron chi connectivity index (χ2n) is 7.51. The second-order valence-corrected chi connectivity index (χ2v) is 10.5. The molecule has 1 saturated heterocycles. The molecular weight excluding hydrogens is 599 g/mol. The number of thiocarbonyl (C=S) groups is 1. The molecule has 0 aromatic heterocycles. The van der Waals surface area contributed by atoms with E-state index in [4.69, 9.17) is 33.3 Å². The monoisotopic (exact) mass is 613 g/mol. The highest BCUT2D eigenvalue weighted by Crippen LogP contribution is 2.41. The fourth-order valence-corrected chi connectivity index (χ4v) is 5.36. The van der Waals surface area contributed by atoms with Crippen molar-refractivity contribution in [2.75, 3.05) is 12.0 Å². The van der Waals surface area contributed by atoms with Gasteiger partial charge in [0.05, 0.1) is 27.7 Å². The summed E-state index contributed by atoms with van der Waals surface area (Å²) >= 11 is 15.7. The van der Waals surface area contributed by atoms with E-state index in [0.29, 0.717) is 26.6 Å². The Kier molecular flexibility index (Phi) is 7.99. The SMILES string of the molecule is COc1cc(/C=C2\SC(=S)N(c3cccc(C(F)(F)F)c3)C2=O)cc(Br)c1OCc1ccc(Cl)cc1. The van der Waals surface area contributed by atoms with Gasteiger partial charge in [-0.05, 0) is 75.6 Å². The molecule has 1 heterocycles. The second kappa shape index (κ2) is 10.8. The summed E-state index contributed by atoms with van der Waals surface area (Å²) in [7, 11) is 1.49. The Morgan fingerprint density at radius 2 is 1.86 bits per heavy atom. The van der Waals surface area contributed by atoms with Crippen molar-refractivity contribution in [1.29, 1.82) is 0 Å². The lowest BCUT2D eigenvalue weighted by Gasteiger charge is -2.16. The lowest BCUT2D eigenvalue weighted by atomic mass is 10.1. The normalized spacial score (nSPS) is 15.1. The van der Waals surface area contributed by atoms with Gasteiger partial charge in [0.1, 0.15) is 6.61 Å². The standard InChI is InChI=1S/C25H16BrClF3NO3S2/c1-33-20-10-15(9-19(26)22(20)34-13-14-5-7-17(27)8-6-14)11-21-23(32)31(24(35)36-21)18-4-2-3-16(12-18)25(28,29)30/h2-12H,13H2,1H3/b21-11-. The molecule has 0 bridgehead atoms. The van der Waals surface area contributed by atoms with E-state index in [9.17, 15) is 18.0 Å². The Balaban J connectivity index is 1.58. The molecular formula is C25H16BrClF3NO3S2. The highest BCUT2D eigenvalue weighted by Gasteiger charge is 2.36. The Bertz CT molecular complexity index is 1360. The van der Waals surface area contributed by atoms with Gasteiger partial charge in [-0.15, -0.1) is 0 Å². The zero-order chi connectivity index (χ0) is 26.0. The predicted octanol–water partition coefficient (Wildman–Crippen LogP) is 8.11. The number of halogens is 5. The Morgan fingerprint density at radius 1 is 1.14 bits per heavy atom. The molecule has 0 radical (unpaired) electrons. The molecule has 4 nitrogen and oxygen atoms in total. The summed E-state index contributed by atoms with van der Waals surface area (Å²) in [6, 6.07) is 15.2. The van der Waals surface area contributed by atoms with E-state index < -0.39 is 17.6 Å². The van der Waals surface area contributed by atoms with Crippen LogP contribution in [0.1, 0.15) is 16.7 Å². The Hall–Kier alpha value is -2.53. The zero-order valence-electron chi connectivity index (χ0n) is 18.4. The van der Waals surface area contributed by atoms with E-state index in [1.54, 1.807) is 30.3 Å². The van der Waals surface area contributed by atoms with Crippen LogP contribution in [-0.2, 0) is 17.6 Å². The van der Waals surface area contributed by atoms with Crippen LogP contribution in [0.25, 0.3) is 6.08 Å². The third-order valence-electron chi connectivity index (χ3n) is 5.07. The average Bonchev–Trinajstić information content (AvgIpc) is 3.11. The summed E-state index contributed by atoms with van der Waals surface area (Å²) in [6.07, 6.45) is -2.93. The minimum Gasteiger partial charge on any atom is -0.493 e. The van der Waals surface area contributed by atoms with E-state index in [0.717, 1.165) is 34.4 Å². The summed E-state index contributed by atoms with van der Waals surface area (Å²) < 4.78 is 51.6. The van der Waals surface area contributed by atoms with Crippen LogP contribution in [0.15, 0.2) is 70.0 Å². The van der Waals surface area contributed by atoms with E-state index in [1.165, 1.54) is 19.2 Å². The maximum atomic E-state index is 13.1. The van der Waals surface area contributed by atoms with Crippen LogP contribution in [0.2, 0.25) is 5.02 Å². The summed E-state index contributed by atoms with van der Waals surface area (Å²) in [4.78, 5) is 14.4. The summed E-state index contributed by atoms with van der Waals surface area (Å²) in [5.74, 6) is 0.390. The molecule has 1 aliphatic rings.